The Bertz CT molecular complexity index is 653. The first-order valence-corrected chi connectivity index (χ1v) is 8.67. The van der Waals surface area contributed by atoms with E-state index in [2.05, 4.69) is 15.9 Å². The monoisotopic (exact) mass is 382 g/mol. The van der Waals surface area contributed by atoms with Gasteiger partial charge in [0.25, 0.3) is 0 Å². The molecule has 4 nitrogen and oxygen atoms in total. The molecule has 0 aromatic heterocycles. The summed E-state index contributed by atoms with van der Waals surface area (Å²) in [7, 11) is 0. The van der Waals surface area contributed by atoms with E-state index in [1.807, 2.05) is 31.2 Å². The summed E-state index contributed by atoms with van der Waals surface area (Å²) in [6.45, 7) is 1.61. The molecule has 22 heavy (non-hydrogen) atoms. The molecule has 0 bridgehead atoms. The SMILES string of the molecule is C[C@@H](CC1=C(CO)C(=O)[C@H]2O[C@H]2C1=O)Sc1ccc(Br)cc1. The van der Waals surface area contributed by atoms with E-state index in [9.17, 15) is 14.7 Å². The summed E-state index contributed by atoms with van der Waals surface area (Å²) >= 11 is 5.03. The molecule has 1 heterocycles. The maximum absolute atomic E-state index is 12.3. The smallest absolute Gasteiger partial charge is 0.193 e. The molecule has 0 amide bonds. The molecule has 0 saturated carbocycles. The second kappa shape index (κ2) is 6.28. The highest BCUT2D eigenvalue weighted by Crippen LogP contribution is 2.38. The summed E-state index contributed by atoms with van der Waals surface area (Å²) in [5.41, 5.74) is 0.662. The van der Waals surface area contributed by atoms with Gasteiger partial charge >= 0.3 is 0 Å². The Balaban J connectivity index is 1.74. The molecule has 1 saturated heterocycles. The van der Waals surface area contributed by atoms with E-state index in [0.717, 1.165) is 9.37 Å². The number of epoxide rings is 1. The number of rotatable bonds is 5. The third kappa shape index (κ3) is 3.06. The van der Waals surface area contributed by atoms with Crippen LogP contribution in [0, 0.1) is 0 Å². The van der Waals surface area contributed by atoms with Gasteiger partial charge < -0.3 is 9.84 Å². The predicted octanol–water partition coefficient (Wildman–Crippen LogP) is 2.53. The summed E-state index contributed by atoms with van der Waals surface area (Å²) < 4.78 is 6.13. The number of hydrogen-bond donors (Lipinski definition) is 1. The van der Waals surface area contributed by atoms with Gasteiger partial charge in [-0.1, -0.05) is 22.9 Å². The van der Waals surface area contributed by atoms with Crippen molar-refractivity contribution in [1.29, 1.82) is 0 Å². The Morgan fingerprint density at radius 2 is 1.77 bits per heavy atom. The van der Waals surface area contributed by atoms with Gasteiger partial charge in [0.2, 0.25) is 0 Å². The largest absolute Gasteiger partial charge is 0.392 e. The van der Waals surface area contributed by atoms with Crippen LogP contribution >= 0.6 is 27.7 Å². The first kappa shape index (κ1) is 15.9. The zero-order valence-corrected chi connectivity index (χ0v) is 14.3. The number of hydrogen-bond acceptors (Lipinski definition) is 5. The van der Waals surface area contributed by atoms with E-state index >= 15 is 0 Å². The highest BCUT2D eigenvalue weighted by Gasteiger charge is 2.55. The molecule has 116 valence electrons. The van der Waals surface area contributed by atoms with Crippen LogP contribution in [0.2, 0.25) is 0 Å². The summed E-state index contributed by atoms with van der Waals surface area (Å²) in [6.07, 6.45) is -0.802. The average molecular weight is 383 g/mol. The molecule has 1 aromatic rings. The molecule has 1 aromatic carbocycles. The minimum atomic E-state index is -0.646. The zero-order chi connectivity index (χ0) is 15.9. The molecule has 0 radical (unpaired) electrons. The molecule has 0 unspecified atom stereocenters. The van der Waals surface area contributed by atoms with Crippen LogP contribution in [0.25, 0.3) is 0 Å². The van der Waals surface area contributed by atoms with Crippen LogP contribution < -0.4 is 0 Å². The second-order valence-corrected chi connectivity index (χ2v) is 7.84. The first-order valence-electron chi connectivity index (χ1n) is 7.00. The maximum atomic E-state index is 12.3. The number of fused-ring (bicyclic) bond motifs is 1. The number of aliphatic hydroxyl groups is 1. The van der Waals surface area contributed by atoms with Crippen LogP contribution in [0.3, 0.4) is 0 Å². The van der Waals surface area contributed by atoms with E-state index < -0.39 is 18.8 Å². The normalized spacial score (nSPS) is 25.2. The van der Waals surface area contributed by atoms with Crippen molar-refractivity contribution in [1.82, 2.24) is 0 Å². The number of aliphatic hydroxyl groups excluding tert-OH is 1. The average Bonchev–Trinajstić information content (AvgIpc) is 3.28. The molecular weight excluding hydrogens is 368 g/mol. The zero-order valence-electron chi connectivity index (χ0n) is 11.9. The van der Waals surface area contributed by atoms with Crippen LogP contribution in [0.4, 0.5) is 0 Å². The van der Waals surface area contributed by atoms with Crippen LogP contribution in [-0.2, 0) is 14.3 Å². The molecule has 3 atom stereocenters. The van der Waals surface area contributed by atoms with Crippen LogP contribution in [0.15, 0.2) is 44.8 Å². The Morgan fingerprint density at radius 1 is 1.18 bits per heavy atom. The summed E-state index contributed by atoms with van der Waals surface area (Å²) in [5.74, 6) is -0.375. The minimum Gasteiger partial charge on any atom is -0.392 e. The lowest BCUT2D eigenvalue weighted by molar-refractivity contribution is -0.120. The van der Waals surface area contributed by atoms with Crippen LogP contribution in [0.1, 0.15) is 13.3 Å². The van der Waals surface area contributed by atoms with Gasteiger partial charge in [0.05, 0.1) is 6.61 Å². The number of benzene rings is 1. The maximum Gasteiger partial charge on any atom is 0.193 e. The molecule has 3 rings (SSSR count). The van der Waals surface area contributed by atoms with E-state index in [0.29, 0.717) is 12.0 Å². The number of Topliss-reactive ketones (excluding diaryl/α,β-unsaturated/α-hetero) is 2. The first-order chi connectivity index (χ1) is 10.5. The van der Waals surface area contributed by atoms with Crippen molar-refractivity contribution in [3.8, 4) is 0 Å². The quantitative estimate of drug-likeness (QED) is 0.625. The van der Waals surface area contributed by atoms with Crippen molar-refractivity contribution in [3.63, 3.8) is 0 Å². The van der Waals surface area contributed by atoms with Gasteiger partial charge in [0.1, 0.15) is 0 Å². The Morgan fingerprint density at radius 3 is 2.36 bits per heavy atom. The van der Waals surface area contributed by atoms with Crippen LogP contribution in [0.5, 0.6) is 0 Å². The topological polar surface area (TPSA) is 66.9 Å². The van der Waals surface area contributed by atoms with E-state index in [-0.39, 0.29) is 22.4 Å². The Labute approximate surface area is 141 Å². The van der Waals surface area contributed by atoms with Crippen molar-refractivity contribution in [2.24, 2.45) is 0 Å². The number of carbonyl (C=O) groups excluding carboxylic acids is 2. The highest BCUT2D eigenvalue weighted by molar-refractivity contribution is 9.10. The van der Waals surface area contributed by atoms with E-state index in [1.165, 1.54) is 0 Å². The lowest BCUT2D eigenvalue weighted by atomic mass is 9.87. The fourth-order valence-corrected chi connectivity index (χ4v) is 3.90. The Hall–Kier alpha value is -0.950. The molecular formula is C16H15BrO4S. The Kier molecular flexibility index (Phi) is 4.54. The fourth-order valence-electron chi connectivity index (χ4n) is 2.62. The van der Waals surface area contributed by atoms with Crippen molar-refractivity contribution in [2.75, 3.05) is 6.61 Å². The summed E-state index contributed by atoms with van der Waals surface area (Å²) in [6, 6.07) is 7.93. The number of ketones is 2. The van der Waals surface area contributed by atoms with Gasteiger partial charge in [-0.25, -0.2) is 0 Å². The molecule has 1 N–H and O–H groups in total. The standard InChI is InChI=1S/C16H15BrO4S/c1-8(22-10-4-2-9(17)3-5-10)6-11-12(7-18)14(20)16-15(21-16)13(11)19/h2-5,8,15-16,18H,6-7H2,1H3/t8-,15-,16+/m0/s1. The van der Waals surface area contributed by atoms with Crippen molar-refractivity contribution in [2.45, 2.75) is 35.7 Å². The van der Waals surface area contributed by atoms with Crippen molar-refractivity contribution < 1.29 is 19.4 Å². The van der Waals surface area contributed by atoms with Crippen molar-refractivity contribution in [3.05, 3.63) is 39.9 Å². The molecule has 6 heteroatoms. The number of carbonyl (C=O) groups is 2. The highest BCUT2D eigenvalue weighted by atomic mass is 79.9. The molecule has 1 aliphatic heterocycles. The van der Waals surface area contributed by atoms with Gasteiger partial charge in [-0.15, -0.1) is 11.8 Å². The van der Waals surface area contributed by atoms with Gasteiger partial charge in [0, 0.05) is 25.8 Å². The number of halogens is 1. The van der Waals surface area contributed by atoms with Gasteiger partial charge in [-0.05, 0) is 30.7 Å². The third-order valence-electron chi connectivity index (χ3n) is 3.77. The predicted molar refractivity (Wildman–Crippen MR) is 86.9 cm³/mol. The van der Waals surface area contributed by atoms with Crippen LogP contribution in [-0.4, -0.2) is 40.7 Å². The second-order valence-electron chi connectivity index (χ2n) is 5.41. The summed E-state index contributed by atoms with van der Waals surface area (Å²) in [5, 5.41) is 9.54. The van der Waals surface area contributed by atoms with Gasteiger partial charge in [0.15, 0.2) is 23.8 Å². The molecule has 1 fully saturated rings. The van der Waals surface area contributed by atoms with E-state index in [4.69, 9.17) is 4.74 Å². The molecule has 1 aliphatic carbocycles. The van der Waals surface area contributed by atoms with E-state index in [1.54, 1.807) is 11.8 Å². The fraction of sp³-hybridized carbons (Fsp3) is 0.375. The lowest BCUT2D eigenvalue weighted by Gasteiger charge is -2.18. The molecule has 0 spiro atoms. The lowest BCUT2D eigenvalue weighted by Crippen LogP contribution is -2.30. The molecule has 2 aliphatic rings. The minimum absolute atomic E-state index is 0.116. The van der Waals surface area contributed by atoms with Crippen molar-refractivity contribution >= 4 is 39.3 Å². The third-order valence-corrected chi connectivity index (χ3v) is 5.41. The summed E-state index contributed by atoms with van der Waals surface area (Å²) in [4.78, 5) is 25.4. The number of ether oxygens (including phenoxy) is 1. The van der Waals surface area contributed by atoms with Gasteiger partial charge in [-0.2, -0.15) is 0 Å². The van der Waals surface area contributed by atoms with Gasteiger partial charge in [-0.3, -0.25) is 9.59 Å². The number of thioether (sulfide) groups is 1.